The van der Waals surface area contributed by atoms with E-state index in [-0.39, 0.29) is 0 Å². The van der Waals surface area contributed by atoms with Crippen LogP contribution in [0.15, 0.2) is 30.5 Å². The predicted octanol–water partition coefficient (Wildman–Crippen LogP) is 2.27. The summed E-state index contributed by atoms with van der Waals surface area (Å²) in [7, 11) is 0. The third kappa shape index (κ3) is 2.02. The molecule has 1 unspecified atom stereocenters. The van der Waals surface area contributed by atoms with Crippen LogP contribution < -0.4 is 5.73 Å². The lowest BCUT2D eigenvalue weighted by atomic mass is 10.0. The van der Waals surface area contributed by atoms with Crippen LogP contribution in [-0.4, -0.2) is 16.6 Å². The van der Waals surface area contributed by atoms with E-state index in [9.17, 15) is 5.11 Å². The van der Waals surface area contributed by atoms with Crippen molar-refractivity contribution in [2.45, 2.75) is 12.5 Å². The lowest BCUT2D eigenvalue weighted by molar-refractivity contribution is 0.171. The number of nitrogens with two attached hydrogens (primary N) is 1. The molecule has 0 aliphatic heterocycles. The molecule has 4 heteroatoms. The molecule has 3 nitrogen and oxygen atoms in total. The molecule has 0 bridgehead atoms. The monoisotopic (exact) mass is 236 g/mol. The molecule has 0 aliphatic carbocycles. The van der Waals surface area contributed by atoms with Crippen LogP contribution in [0.1, 0.15) is 18.1 Å². The Bertz CT molecular complexity index is 501. The van der Waals surface area contributed by atoms with E-state index in [1.54, 1.807) is 18.3 Å². The first-order valence-electron chi connectivity index (χ1n) is 5.15. The van der Waals surface area contributed by atoms with Gasteiger partial charge in [0.05, 0.1) is 11.6 Å². The summed E-state index contributed by atoms with van der Waals surface area (Å²) in [6, 6.07) is 7.30. The topological polar surface area (TPSA) is 59.1 Å². The first kappa shape index (κ1) is 11.3. The lowest BCUT2D eigenvalue weighted by Crippen LogP contribution is -2.07. The van der Waals surface area contributed by atoms with Crippen LogP contribution in [0.2, 0.25) is 5.02 Å². The third-order valence-corrected chi connectivity index (χ3v) is 2.88. The third-order valence-electron chi connectivity index (χ3n) is 2.55. The first-order chi connectivity index (χ1) is 7.74. The molecule has 84 valence electrons. The molecule has 1 heterocycles. The van der Waals surface area contributed by atoms with Crippen molar-refractivity contribution in [2.24, 2.45) is 5.73 Å². The van der Waals surface area contributed by atoms with Crippen molar-refractivity contribution in [2.75, 3.05) is 6.54 Å². The second-order valence-electron chi connectivity index (χ2n) is 3.63. The first-order valence-corrected chi connectivity index (χ1v) is 5.53. The minimum Gasteiger partial charge on any atom is -0.388 e. The molecule has 0 fully saturated rings. The average molecular weight is 237 g/mol. The molecule has 2 rings (SSSR count). The highest BCUT2D eigenvalue weighted by Crippen LogP contribution is 2.29. The number of aliphatic hydroxyl groups is 1. The van der Waals surface area contributed by atoms with Crippen molar-refractivity contribution in [3.63, 3.8) is 0 Å². The minimum absolute atomic E-state index is 0.443. The van der Waals surface area contributed by atoms with Gasteiger partial charge in [0.15, 0.2) is 0 Å². The SMILES string of the molecule is NCCC(O)c1ccc(Cl)c2cccnc12. The van der Waals surface area contributed by atoms with E-state index in [1.807, 2.05) is 12.1 Å². The largest absolute Gasteiger partial charge is 0.388 e. The number of nitrogens with zero attached hydrogens (tertiary/aromatic N) is 1. The highest BCUT2D eigenvalue weighted by Gasteiger charge is 2.12. The highest BCUT2D eigenvalue weighted by molar-refractivity contribution is 6.35. The van der Waals surface area contributed by atoms with E-state index < -0.39 is 6.10 Å². The van der Waals surface area contributed by atoms with Gasteiger partial charge in [0.2, 0.25) is 0 Å². The summed E-state index contributed by atoms with van der Waals surface area (Å²) < 4.78 is 0. The molecule has 0 saturated heterocycles. The molecule has 1 aromatic heterocycles. The number of benzene rings is 1. The molecular weight excluding hydrogens is 224 g/mol. The molecule has 0 aliphatic rings. The summed E-state index contributed by atoms with van der Waals surface area (Å²) >= 11 is 6.06. The van der Waals surface area contributed by atoms with Crippen molar-refractivity contribution < 1.29 is 5.11 Å². The smallest absolute Gasteiger partial charge is 0.0823 e. The summed E-state index contributed by atoms with van der Waals surface area (Å²) in [5.74, 6) is 0. The van der Waals surface area contributed by atoms with Gasteiger partial charge in [-0.25, -0.2) is 0 Å². The minimum atomic E-state index is -0.584. The quantitative estimate of drug-likeness (QED) is 0.860. The van der Waals surface area contributed by atoms with Crippen molar-refractivity contribution in [3.8, 4) is 0 Å². The highest BCUT2D eigenvalue weighted by atomic mass is 35.5. The number of aliphatic hydroxyl groups excluding tert-OH is 1. The fourth-order valence-electron chi connectivity index (χ4n) is 1.74. The van der Waals surface area contributed by atoms with Crippen molar-refractivity contribution in [1.82, 2.24) is 4.98 Å². The zero-order valence-electron chi connectivity index (χ0n) is 8.73. The second kappa shape index (κ2) is 4.78. The number of hydrogen-bond donors (Lipinski definition) is 2. The van der Waals surface area contributed by atoms with E-state index >= 15 is 0 Å². The van der Waals surface area contributed by atoms with Crippen LogP contribution in [0.3, 0.4) is 0 Å². The van der Waals surface area contributed by atoms with Crippen molar-refractivity contribution >= 4 is 22.5 Å². The zero-order chi connectivity index (χ0) is 11.5. The van der Waals surface area contributed by atoms with E-state index in [0.717, 1.165) is 16.5 Å². The van der Waals surface area contributed by atoms with E-state index in [0.29, 0.717) is 18.0 Å². The van der Waals surface area contributed by atoms with Crippen molar-refractivity contribution in [1.29, 1.82) is 0 Å². The number of pyridine rings is 1. The van der Waals surface area contributed by atoms with Crippen LogP contribution in [-0.2, 0) is 0 Å². The van der Waals surface area contributed by atoms with E-state index in [1.165, 1.54) is 0 Å². The van der Waals surface area contributed by atoms with Gasteiger partial charge in [-0.3, -0.25) is 4.98 Å². The van der Waals surface area contributed by atoms with E-state index in [4.69, 9.17) is 17.3 Å². The Labute approximate surface area is 98.9 Å². The lowest BCUT2D eigenvalue weighted by Gasteiger charge is -2.12. The summed E-state index contributed by atoms with van der Waals surface area (Å²) in [5, 5.41) is 11.5. The van der Waals surface area contributed by atoms with Gasteiger partial charge >= 0.3 is 0 Å². The predicted molar refractivity (Wildman–Crippen MR) is 65.4 cm³/mol. The molecule has 0 radical (unpaired) electrons. The number of fused-ring (bicyclic) bond motifs is 1. The molecule has 3 N–H and O–H groups in total. The van der Waals surface area contributed by atoms with Crippen LogP contribution in [0.25, 0.3) is 10.9 Å². The number of halogens is 1. The molecule has 2 aromatic rings. The van der Waals surface area contributed by atoms with Crippen LogP contribution in [0, 0.1) is 0 Å². The molecular formula is C12H13ClN2O. The molecule has 0 amide bonds. The maximum atomic E-state index is 9.95. The average Bonchev–Trinajstić information content (AvgIpc) is 2.30. The molecule has 0 spiro atoms. The summed E-state index contributed by atoms with van der Waals surface area (Å²) in [6.07, 6.45) is 1.63. The summed E-state index contributed by atoms with van der Waals surface area (Å²) in [5.41, 5.74) is 6.96. The van der Waals surface area contributed by atoms with Gasteiger partial charge < -0.3 is 10.8 Å². The molecule has 1 aromatic carbocycles. The van der Waals surface area contributed by atoms with Crippen LogP contribution in [0.5, 0.6) is 0 Å². The van der Waals surface area contributed by atoms with Gasteiger partial charge in [0.25, 0.3) is 0 Å². The Hall–Kier alpha value is -1.16. The van der Waals surface area contributed by atoms with Gasteiger partial charge in [-0.15, -0.1) is 0 Å². The van der Waals surface area contributed by atoms with Gasteiger partial charge in [-0.2, -0.15) is 0 Å². The number of hydrogen-bond acceptors (Lipinski definition) is 3. The van der Waals surface area contributed by atoms with Gasteiger partial charge in [0, 0.05) is 22.2 Å². The standard InChI is InChI=1S/C12H13ClN2O/c13-10-4-3-9(11(16)5-6-14)12-8(10)2-1-7-15-12/h1-4,7,11,16H,5-6,14H2. The van der Waals surface area contributed by atoms with Crippen LogP contribution >= 0.6 is 11.6 Å². The van der Waals surface area contributed by atoms with E-state index in [2.05, 4.69) is 4.98 Å². The summed E-state index contributed by atoms with van der Waals surface area (Å²) in [4.78, 5) is 4.26. The fraction of sp³-hybridized carbons (Fsp3) is 0.250. The van der Waals surface area contributed by atoms with Gasteiger partial charge in [0.1, 0.15) is 0 Å². The van der Waals surface area contributed by atoms with Crippen LogP contribution in [0.4, 0.5) is 0 Å². The Morgan fingerprint density at radius 1 is 1.38 bits per heavy atom. The Kier molecular flexibility index (Phi) is 3.39. The Balaban J connectivity index is 2.58. The molecule has 1 atom stereocenters. The number of rotatable bonds is 3. The maximum Gasteiger partial charge on any atom is 0.0823 e. The molecule has 0 saturated carbocycles. The Morgan fingerprint density at radius 3 is 2.94 bits per heavy atom. The second-order valence-corrected chi connectivity index (χ2v) is 4.04. The molecule has 16 heavy (non-hydrogen) atoms. The maximum absolute atomic E-state index is 9.95. The van der Waals surface area contributed by atoms with Gasteiger partial charge in [-0.05, 0) is 31.2 Å². The van der Waals surface area contributed by atoms with Crippen molar-refractivity contribution in [3.05, 3.63) is 41.0 Å². The number of aromatic nitrogens is 1. The Morgan fingerprint density at radius 2 is 2.19 bits per heavy atom. The summed E-state index contributed by atoms with van der Waals surface area (Å²) in [6.45, 7) is 0.443. The fourth-order valence-corrected chi connectivity index (χ4v) is 1.96. The normalized spacial score (nSPS) is 12.9. The van der Waals surface area contributed by atoms with Gasteiger partial charge in [-0.1, -0.05) is 17.7 Å². The zero-order valence-corrected chi connectivity index (χ0v) is 9.48.